The van der Waals surface area contributed by atoms with Crippen LogP contribution in [0.3, 0.4) is 0 Å². The van der Waals surface area contributed by atoms with E-state index in [-0.39, 0.29) is 0 Å². The Kier molecular flexibility index (Phi) is 6.45. The summed E-state index contributed by atoms with van der Waals surface area (Å²) >= 11 is 0. The zero-order valence-electron chi connectivity index (χ0n) is 12.2. The maximum absolute atomic E-state index is 5.77. The van der Waals surface area contributed by atoms with Gasteiger partial charge in [-0.1, -0.05) is 13.8 Å². The minimum Gasteiger partial charge on any atom is -0.373 e. The van der Waals surface area contributed by atoms with Gasteiger partial charge < -0.3 is 10.1 Å². The van der Waals surface area contributed by atoms with Gasteiger partial charge in [0.25, 0.3) is 0 Å². The number of hydrogen-bond acceptors (Lipinski definition) is 3. The Morgan fingerprint density at radius 3 is 2.29 bits per heavy atom. The third-order valence-corrected chi connectivity index (χ3v) is 3.42. The van der Waals surface area contributed by atoms with Gasteiger partial charge in [0, 0.05) is 25.2 Å². The van der Waals surface area contributed by atoms with E-state index in [1.807, 2.05) is 0 Å². The van der Waals surface area contributed by atoms with E-state index < -0.39 is 0 Å². The second kappa shape index (κ2) is 7.34. The van der Waals surface area contributed by atoms with E-state index >= 15 is 0 Å². The van der Waals surface area contributed by atoms with Crippen LogP contribution in [0.1, 0.15) is 47.5 Å². The van der Waals surface area contributed by atoms with Crippen LogP contribution in [0.2, 0.25) is 0 Å². The lowest BCUT2D eigenvalue weighted by atomic mass is 10.1. The predicted octanol–water partition coefficient (Wildman–Crippen LogP) is 2.26. The summed E-state index contributed by atoms with van der Waals surface area (Å²) in [5.74, 6) is 0. The molecule has 0 aromatic carbocycles. The minimum absolute atomic E-state index is 0.384. The number of ether oxygens (including phenoxy) is 1. The highest BCUT2D eigenvalue weighted by Crippen LogP contribution is 2.15. The van der Waals surface area contributed by atoms with Crippen molar-refractivity contribution in [1.82, 2.24) is 10.2 Å². The Labute approximate surface area is 107 Å². The molecule has 0 radical (unpaired) electrons. The molecule has 1 fully saturated rings. The predicted molar refractivity (Wildman–Crippen MR) is 73.4 cm³/mol. The lowest BCUT2D eigenvalue weighted by Gasteiger charge is -2.39. The molecule has 17 heavy (non-hydrogen) atoms. The maximum atomic E-state index is 5.77. The van der Waals surface area contributed by atoms with E-state index in [4.69, 9.17) is 4.74 Å². The van der Waals surface area contributed by atoms with E-state index in [2.05, 4.69) is 44.8 Å². The summed E-state index contributed by atoms with van der Waals surface area (Å²) in [6, 6.07) is 1.28. The third-order valence-electron chi connectivity index (χ3n) is 3.42. The van der Waals surface area contributed by atoms with Gasteiger partial charge in [0.1, 0.15) is 0 Å². The van der Waals surface area contributed by atoms with Crippen LogP contribution in [0.25, 0.3) is 0 Å². The quantitative estimate of drug-likeness (QED) is 0.723. The van der Waals surface area contributed by atoms with Crippen molar-refractivity contribution in [3.63, 3.8) is 0 Å². The van der Waals surface area contributed by atoms with Gasteiger partial charge in [-0.3, -0.25) is 4.90 Å². The molecule has 0 aromatic rings. The fraction of sp³-hybridized carbons (Fsp3) is 1.00. The number of nitrogens with one attached hydrogen (secondary N) is 1. The van der Waals surface area contributed by atoms with Crippen molar-refractivity contribution >= 4 is 0 Å². The standard InChI is InChI=1S/C14H30N2O/c1-11(2)15-8-6-7-12(3)16-9-13(4)17-14(5)10-16/h11-15H,6-10H2,1-5H3. The molecule has 1 N–H and O–H groups in total. The summed E-state index contributed by atoms with van der Waals surface area (Å²) in [6.07, 6.45) is 3.31. The molecule has 1 saturated heterocycles. The molecule has 0 amide bonds. The second-order valence-corrected chi connectivity index (χ2v) is 5.81. The molecule has 1 aliphatic rings. The van der Waals surface area contributed by atoms with Crippen molar-refractivity contribution in [2.75, 3.05) is 19.6 Å². The molecule has 0 aromatic heterocycles. The van der Waals surface area contributed by atoms with E-state index in [0.717, 1.165) is 19.6 Å². The molecule has 0 spiro atoms. The van der Waals surface area contributed by atoms with Gasteiger partial charge in [0.05, 0.1) is 12.2 Å². The van der Waals surface area contributed by atoms with Crippen molar-refractivity contribution in [2.45, 2.75) is 71.8 Å². The monoisotopic (exact) mass is 242 g/mol. The van der Waals surface area contributed by atoms with Crippen LogP contribution in [-0.2, 0) is 4.74 Å². The lowest BCUT2D eigenvalue weighted by molar-refractivity contribution is -0.0792. The fourth-order valence-electron chi connectivity index (χ4n) is 2.55. The average Bonchev–Trinajstić information content (AvgIpc) is 2.22. The molecular weight excluding hydrogens is 212 g/mol. The van der Waals surface area contributed by atoms with Crippen molar-refractivity contribution < 1.29 is 4.74 Å². The summed E-state index contributed by atoms with van der Waals surface area (Å²) < 4.78 is 5.77. The molecular formula is C14H30N2O. The topological polar surface area (TPSA) is 24.5 Å². The van der Waals surface area contributed by atoms with Gasteiger partial charge in [-0.25, -0.2) is 0 Å². The first-order valence-electron chi connectivity index (χ1n) is 7.12. The SMILES string of the molecule is CC(C)NCCCC(C)N1CC(C)OC(C)C1. The average molecular weight is 242 g/mol. The fourth-order valence-corrected chi connectivity index (χ4v) is 2.55. The van der Waals surface area contributed by atoms with Crippen molar-refractivity contribution in [3.05, 3.63) is 0 Å². The first-order valence-corrected chi connectivity index (χ1v) is 7.12. The smallest absolute Gasteiger partial charge is 0.0678 e. The van der Waals surface area contributed by atoms with Crippen LogP contribution in [0, 0.1) is 0 Å². The molecule has 1 rings (SSSR count). The van der Waals surface area contributed by atoms with Gasteiger partial charge in [0.15, 0.2) is 0 Å². The van der Waals surface area contributed by atoms with Gasteiger partial charge in [-0.15, -0.1) is 0 Å². The summed E-state index contributed by atoms with van der Waals surface area (Å²) in [5, 5.41) is 3.48. The van der Waals surface area contributed by atoms with Gasteiger partial charge in [-0.2, -0.15) is 0 Å². The number of rotatable bonds is 6. The van der Waals surface area contributed by atoms with Crippen LogP contribution in [0.5, 0.6) is 0 Å². The number of morpholine rings is 1. The molecule has 3 heteroatoms. The first-order chi connectivity index (χ1) is 7.99. The highest BCUT2D eigenvalue weighted by atomic mass is 16.5. The molecule has 3 atom stereocenters. The van der Waals surface area contributed by atoms with Crippen molar-refractivity contribution in [2.24, 2.45) is 0 Å². The van der Waals surface area contributed by atoms with Gasteiger partial charge in [-0.05, 0) is 40.2 Å². The summed E-state index contributed by atoms with van der Waals surface area (Å²) in [5.41, 5.74) is 0. The zero-order valence-corrected chi connectivity index (χ0v) is 12.2. The molecule has 3 unspecified atom stereocenters. The molecule has 1 aliphatic heterocycles. The van der Waals surface area contributed by atoms with Crippen LogP contribution in [0.4, 0.5) is 0 Å². The molecule has 0 aliphatic carbocycles. The summed E-state index contributed by atoms with van der Waals surface area (Å²) in [7, 11) is 0. The van der Waals surface area contributed by atoms with Crippen LogP contribution >= 0.6 is 0 Å². The van der Waals surface area contributed by atoms with Crippen molar-refractivity contribution in [3.8, 4) is 0 Å². The third kappa shape index (κ3) is 5.84. The van der Waals surface area contributed by atoms with E-state index in [1.54, 1.807) is 0 Å². The molecule has 0 bridgehead atoms. The van der Waals surface area contributed by atoms with Crippen LogP contribution < -0.4 is 5.32 Å². The number of nitrogens with zero attached hydrogens (tertiary/aromatic N) is 1. The molecule has 0 saturated carbocycles. The Hall–Kier alpha value is -0.120. The number of hydrogen-bond donors (Lipinski definition) is 1. The highest BCUT2D eigenvalue weighted by Gasteiger charge is 2.25. The van der Waals surface area contributed by atoms with E-state index in [1.165, 1.54) is 12.8 Å². The Morgan fingerprint density at radius 2 is 1.76 bits per heavy atom. The normalized spacial score (nSPS) is 28.6. The van der Waals surface area contributed by atoms with Crippen LogP contribution in [0.15, 0.2) is 0 Å². The Morgan fingerprint density at radius 1 is 1.18 bits per heavy atom. The second-order valence-electron chi connectivity index (χ2n) is 5.81. The lowest BCUT2D eigenvalue weighted by Crippen LogP contribution is -2.49. The minimum atomic E-state index is 0.384. The van der Waals surface area contributed by atoms with E-state index in [9.17, 15) is 0 Å². The largest absolute Gasteiger partial charge is 0.373 e. The molecule has 1 heterocycles. The maximum Gasteiger partial charge on any atom is 0.0678 e. The Balaban J connectivity index is 2.20. The van der Waals surface area contributed by atoms with Gasteiger partial charge in [0.2, 0.25) is 0 Å². The highest BCUT2D eigenvalue weighted by molar-refractivity contribution is 4.77. The molecule has 102 valence electrons. The first kappa shape index (κ1) is 14.9. The zero-order chi connectivity index (χ0) is 12.8. The van der Waals surface area contributed by atoms with E-state index in [0.29, 0.717) is 24.3 Å². The summed E-state index contributed by atoms with van der Waals surface area (Å²) in [4.78, 5) is 2.58. The summed E-state index contributed by atoms with van der Waals surface area (Å²) in [6.45, 7) is 14.4. The van der Waals surface area contributed by atoms with Crippen molar-refractivity contribution in [1.29, 1.82) is 0 Å². The van der Waals surface area contributed by atoms with Gasteiger partial charge >= 0.3 is 0 Å². The molecule has 3 nitrogen and oxygen atoms in total. The Bertz CT molecular complexity index is 198. The van der Waals surface area contributed by atoms with Crippen LogP contribution in [-0.4, -0.2) is 48.8 Å².